The minimum atomic E-state index is -0.454. The van der Waals surface area contributed by atoms with E-state index in [1.54, 1.807) is 0 Å². The number of pyridine rings is 1. The summed E-state index contributed by atoms with van der Waals surface area (Å²) < 4.78 is 12.3. The molecule has 2 fully saturated rings. The van der Waals surface area contributed by atoms with Gasteiger partial charge < -0.3 is 14.4 Å². The number of aromatic nitrogens is 1. The minimum absolute atomic E-state index is 0.105. The summed E-state index contributed by atoms with van der Waals surface area (Å²) in [7, 11) is 0. The summed E-state index contributed by atoms with van der Waals surface area (Å²) in [5.41, 5.74) is -0.454. The molecule has 1 amide bonds. The zero-order valence-corrected chi connectivity index (χ0v) is 15.4. The fraction of sp³-hybridized carbons (Fsp3) is 0.647. The summed E-state index contributed by atoms with van der Waals surface area (Å²) in [6, 6.07) is 6.08. The van der Waals surface area contributed by atoms with E-state index >= 15 is 0 Å². The largest absolute Gasteiger partial charge is 0.474 e. The predicted octanol–water partition coefficient (Wildman–Crippen LogP) is 4.15. The van der Waals surface area contributed by atoms with Crippen LogP contribution in [-0.4, -0.2) is 39.8 Å². The Morgan fingerprint density at radius 3 is 2.48 bits per heavy atom. The van der Waals surface area contributed by atoms with Gasteiger partial charge in [-0.3, -0.25) is 0 Å². The van der Waals surface area contributed by atoms with Crippen LogP contribution in [0.3, 0.4) is 0 Å². The van der Waals surface area contributed by atoms with Gasteiger partial charge in [-0.1, -0.05) is 6.07 Å². The molecular formula is C17H23BrN2O3. The highest BCUT2D eigenvalue weighted by molar-refractivity contribution is 9.10. The molecule has 5 nitrogen and oxygen atoms in total. The first-order valence-corrected chi connectivity index (χ1v) is 8.91. The summed E-state index contributed by atoms with van der Waals surface area (Å²) in [5.74, 6) is 0.634. The molecule has 2 aliphatic heterocycles. The highest BCUT2D eigenvalue weighted by Crippen LogP contribution is 2.38. The summed E-state index contributed by atoms with van der Waals surface area (Å²) in [6.07, 6.45) is 3.64. The Hall–Kier alpha value is -1.30. The number of fused-ring (bicyclic) bond motifs is 2. The van der Waals surface area contributed by atoms with E-state index in [0.29, 0.717) is 5.88 Å². The van der Waals surface area contributed by atoms with Crippen LogP contribution in [0.25, 0.3) is 0 Å². The fourth-order valence-corrected chi connectivity index (χ4v) is 3.79. The Kier molecular flexibility index (Phi) is 4.54. The molecule has 0 aromatic carbocycles. The lowest BCUT2D eigenvalue weighted by atomic mass is 10.0. The highest BCUT2D eigenvalue weighted by atomic mass is 79.9. The molecule has 1 aromatic rings. The number of carbonyl (C=O) groups is 1. The van der Waals surface area contributed by atoms with Crippen molar-refractivity contribution in [3.05, 3.63) is 22.8 Å². The van der Waals surface area contributed by atoms with Crippen LogP contribution < -0.4 is 4.74 Å². The van der Waals surface area contributed by atoms with Gasteiger partial charge in [0.25, 0.3) is 0 Å². The molecular weight excluding hydrogens is 360 g/mol. The molecule has 6 heteroatoms. The number of carbonyl (C=O) groups excluding carboxylic acids is 1. The number of piperidine rings is 1. The van der Waals surface area contributed by atoms with E-state index in [-0.39, 0.29) is 24.3 Å². The maximum Gasteiger partial charge on any atom is 0.410 e. The lowest BCUT2D eigenvalue weighted by Crippen LogP contribution is -2.50. The number of ether oxygens (including phenoxy) is 2. The van der Waals surface area contributed by atoms with Crippen LogP contribution in [0.5, 0.6) is 5.88 Å². The molecule has 0 unspecified atom stereocenters. The van der Waals surface area contributed by atoms with Crippen molar-refractivity contribution in [2.45, 2.75) is 70.2 Å². The fourth-order valence-electron chi connectivity index (χ4n) is 3.46. The highest BCUT2D eigenvalue weighted by Gasteiger charge is 2.45. The molecule has 2 bridgehead atoms. The Morgan fingerprint density at radius 2 is 1.91 bits per heavy atom. The summed E-state index contributed by atoms with van der Waals surface area (Å²) >= 11 is 3.36. The number of hydrogen-bond acceptors (Lipinski definition) is 4. The number of rotatable bonds is 2. The van der Waals surface area contributed by atoms with Gasteiger partial charge in [0.05, 0.1) is 0 Å². The van der Waals surface area contributed by atoms with Crippen molar-refractivity contribution in [1.82, 2.24) is 9.88 Å². The predicted molar refractivity (Wildman–Crippen MR) is 90.5 cm³/mol. The average molecular weight is 383 g/mol. The van der Waals surface area contributed by atoms with Crippen LogP contribution in [0.2, 0.25) is 0 Å². The first-order chi connectivity index (χ1) is 10.8. The van der Waals surface area contributed by atoms with Gasteiger partial charge in [0.1, 0.15) is 16.3 Å². The molecule has 23 heavy (non-hydrogen) atoms. The van der Waals surface area contributed by atoms with Crippen molar-refractivity contribution in [2.75, 3.05) is 0 Å². The molecule has 0 saturated carbocycles. The van der Waals surface area contributed by atoms with E-state index < -0.39 is 5.60 Å². The molecule has 3 rings (SSSR count). The van der Waals surface area contributed by atoms with Gasteiger partial charge in [0, 0.05) is 31.0 Å². The normalized spacial score (nSPS) is 27.0. The van der Waals surface area contributed by atoms with E-state index in [1.807, 2.05) is 43.9 Å². The van der Waals surface area contributed by atoms with Crippen molar-refractivity contribution < 1.29 is 14.3 Å². The van der Waals surface area contributed by atoms with Crippen molar-refractivity contribution in [2.24, 2.45) is 0 Å². The van der Waals surface area contributed by atoms with Crippen molar-refractivity contribution in [3.63, 3.8) is 0 Å². The maximum absolute atomic E-state index is 12.4. The molecule has 3 atom stereocenters. The van der Waals surface area contributed by atoms with Gasteiger partial charge in [-0.25, -0.2) is 9.78 Å². The smallest absolute Gasteiger partial charge is 0.410 e. The van der Waals surface area contributed by atoms with Crippen LogP contribution in [0.4, 0.5) is 4.79 Å². The Morgan fingerprint density at radius 1 is 1.26 bits per heavy atom. The second-order valence-corrected chi connectivity index (χ2v) is 8.09. The lowest BCUT2D eigenvalue weighted by molar-refractivity contribution is -0.00760. The van der Waals surface area contributed by atoms with Crippen molar-refractivity contribution >= 4 is 22.0 Å². The van der Waals surface area contributed by atoms with E-state index in [9.17, 15) is 4.79 Å². The first kappa shape index (κ1) is 16.6. The third-order valence-electron chi connectivity index (χ3n) is 4.27. The zero-order chi connectivity index (χ0) is 16.6. The first-order valence-electron chi connectivity index (χ1n) is 8.12. The molecule has 0 spiro atoms. The summed E-state index contributed by atoms with van der Waals surface area (Å²) in [6.45, 7) is 5.71. The van der Waals surface area contributed by atoms with Gasteiger partial charge in [-0.15, -0.1) is 0 Å². The Bertz CT molecular complexity index is 573. The molecule has 126 valence electrons. The Labute approximate surface area is 145 Å². The van der Waals surface area contributed by atoms with Gasteiger partial charge in [-0.05, 0) is 55.6 Å². The lowest BCUT2D eigenvalue weighted by Gasteiger charge is -2.39. The van der Waals surface area contributed by atoms with Crippen molar-refractivity contribution in [1.29, 1.82) is 0 Å². The van der Waals surface area contributed by atoms with E-state index in [0.717, 1.165) is 30.3 Å². The van der Waals surface area contributed by atoms with Gasteiger partial charge >= 0.3 is 6.09 Å². The van der Waals surface area contributed by atoms with Crippen LogP contribution in [0.15, 0.2) is 22.8 Å². The van der Waals surface area contributed by atoms with Gasteiger partial charge in [-0.2, -0.15) is 0 Å². The number of hydrogen-bond donors (Lipinski definition) is 0. The summed E-state index contributed by atoms with van der Waals surface area (Å²) in [4.78, 5) is 18.7. The third kappa shape index (κ3) is 3.97. The zero-order valence-electron chi connectivity index (χ0n) is 13.8. The quantitative estimate of drug-likeness (QED) is 0.720. The third-order valence-corrected chi connectivity index (χ3v) is 4.71. The average Bonchev–Trinajstić information content (AvgIpc) is 2.69. The van der Waals surface area contributed by atoms with Gasteiger partial charge in [0.15, 0.2) is 0 Å². The van der Waals surface area contributed by atoms with E-state index in [4.69, 9.17) is 9.47 Å². The number of halogens is 1. The second-order valence-electron chi connectivity index (χ2n) is 7.28. The van der Waals surface area contributed by atoms with Crippen LogP contribution in [0.1, 0.15) is 46.5 Å². The SMILES string of the molecule is CC(C)(C)OC(=O)N1[C@@H]2CC[C@H]1C[C@@H](Oc1cccc(Br)n1)C2. The topological polar surface area (TPSA) is 51.7 Å². The molecule has 0 N–H and O–H groups in total. The van der Waals surface area contributed by atoms with Crippen LogP contribution >= 0.6 is 15.9 Å². The van der Waals surface area contributed by atoms with Crippen LogP contribution in [0, 0.1) is 0 Å². The standard InChI is InChI=1S/C17H23BrN2O3/c1-17(2,3)23-16(21)20-11-7-8-12(20)10-13(9-11)22-15-6-4-5-14(18)19-15/h4-6,11-13H,7-10H2,1-3H3/t11-,12+,13+. The monoisotopic (exact) mass is 382 g/mol. The Balaban J connectivity index is 1.64. The molecule has 3 heterocycles. The number of nitrogens with zero attached hydrogens (tertiary/aromatic N) is 2. The van der Waals surface area contributed by atoms with Crippen molar-refractivity contribution in [3.8, 4) is 5.88 Å². The number of amides is 1. The van der Waals surface area contributed by atoms with Crippen LogP contribution in [-0.2, 0) is 4.74 Å². The summed E-state index contributed by atoms with van der Waals surface area (Å²) in [5, 5.41) is 0. The van der Waals surface area contributed by atoms with E-state index in [1.165, 1.54) is 0 Å². The molecule has 2 aliphatic rings. The van der Waals surface area contributed by atoms with Gasteiger partial charge in [0.2, 0.25) is 5.88 Å². The minimum Gasteiger partial charge on any atom is -0.474 e. The molecule has 2 saturated heterocycles. The molecule has 0 radical (unpaired) electrons. The molecule has 1 aromatic heterocycles. The maximum atomic E-state index is 12.4. The second kappa shape index (κ2) is 6.30. The molecule has 0 aliphatic carbocycles. The van der Waals surface area contributed by atoms with E-state index in [2.05, 4.69) is 20.9 Å².